The van der Waals surface area contributed by atoms with Crippen LogP contribution in [0.3, 0.4) is 0 Å². The smallest absolute Gasteiger partial charge is 0.168 e. The summed E-state index contributed by atoms with van der Waals surface area (Å²) in [7, 11) is 1.54. The zero-order chi connectivity index (χ0) is 13.8. The molecule has 19 heavy (non-hydrogen) atoms. The Morgan fingerprint density at radius 3 is 2.68 bits per heavy atom. The van der Waals surface area contributed by atoms with Gasteiger partial charge in [0.1, 0.15) is 17.6 Å². The van der Waals surface area contributed by atoms with Crippen LogP contribution in [-0.2, 0) is 0 Å². The van der Waals surface area contributed by atoms with Gasteiger partial charge in [-0.15, -0.1) is 0 Å². The van der Waals surface area contributed by atoms with E-state index in [0.29, 0.717) is 33.5 Å². The van der Waals surface area contributed by atoms with E-state index in [1.165, 1.54) is 7.11 Å². The molecule has 2 N–H and O–H groups in total. The van der Waals surface area contributed by atoms with Gasteiger partial charge in [0.15, 0.2) is 5.75 Å². The number of anilines is 1. The topological polar surface area (TPSA) is 68.3 Å². The molecule has 0 unspecified atom stereocenters. The Bertz CT molecular complexity index is 630. The first-order valence-corrected chi connectivity index (χ1v) is 5.83. The Morgan fingerprint density at radius 2 is 2.05 bits per heavy atom. The third-order valence-electron chi connectivity index (χ3n) is 2.52. The summed E-state index contributed by atoms with van der Waals surface area (Å²) in [4.78, 5) is 0. The maximum Gasteiger partial charge on any atom is 0.168 e. The highest BCUT2D eigenvalue weighted by molar-refractivity contribution is 6.32. The quantitative estimate of drug-likeness (QED) is 0.869. The van der Waals surface area contributed by atoms with Crippen LogP contribution >= 0.6 is 11.6 Å². The lowest BCUT2D eigenvalue weighted by molar-refractivity contribution is 0.409. The standard InChI is InChI=1S/C14H11ClN2O2/c1-18-10-6-5-9(8-16)13(7-10)19-14-11(15)3-2-4-12(14)17/h2-7H,17H2,1H3. The zero-order valence-electron chi connectivity index (χ0n) is 10.2. The van der Waals surface area contributed by atoms with Crippen molar-refractivity contribution in [3.8, 4) is 23.3 Å². The minimum Gasteiger partial charge on any atom is -0.497 e. The molecule has 2 aromatic rings. The molecule has 5 heteroatoms. The molecule has 0 heterocycles. The van der Waals surface area contributed by atoms with Crippen LogP contribution in [0, 0.1) is 11.3 Å². The first kappa shape index (κ1) is 13.1. The monoisotopic (exact) mass is 274 g/mol. The van der Waals surface area contributed by atoms with E-state index < -0.39 is 0 Å². The molecule has 0 aliphatic carbocycles. The van der Waals surface area contributed by atoms with E-state index >= 15 is 0 Å². The highest BCUT2D eigenvalue weighted by Crippen LogP contribution is 2.37. The summed E-state index contributed by atoms with van der Waals surface area (Å²) in [6.45, 7) is 0. The van der Waals surface area contributed by atoms with Crippen LogP contribution in [0.1, 0.15) is 5.56 Å². The fourth-order valence-electron chi connectivity index (χ4n) is 1.55. The SMILES string of the molecule is COc1ccc(C#N)c(Oc2c(N)cccc2Cl)c1. The third-order valence-corrected chi connectivity index (χ3v) is 2.82. The van der Waals surface area contributed by atoms with Gasteiger partial charge in [0, 0.05) is 6.07 Å². The minimum atomic E-state index is 0.328. The van der Waals surface area contributed by atoms with Crippen molar-refractivity contribution in [1.29, 1.82) is 5.26 Å². The zero-order valence-corrected chi connectivity index (χ0v) is 10.9. The van der Waals surface area contributed by atoms with Crippen molar-refractivity contribution in [3.63, 3.8) is 0 Å². The molecular weight excluding hydrogens is 264 g/mol. The summed E-state index contributed by atoms with van der Waals surface area (Å²) in [6, 6.07) is 12.0. The fraction of sp³-hybridized carbons (Fsp3) is 0.0714. The highest BCUT2D eigenvalue weighted by atomic mass is 35.5. The van der Waals surface area contributed by atoms with Crippen molar-refractivity contribution in [2.75, 3.05) is 12.8 Å². The third kappa shape index (κ3) is 2.72. The molecule has 0 amide bonds. The Morgan fingerprint density at radius 1 is 1.26 bits per heavy atom. The number of nitrogens with two attached hydrogens (primary N) is 1. The summed E-state index contributed by atoms with van der Waals surface area (Å²) < 4.78 is 10.7. The second kappa shape index (κ2) is 5.51. The van der Waals surface area contributed by atoms with E-state index in [4.69, 9.17) is 32.1 Å². The van der Waals surface area contributed by atoms with Crippen LogP contribution in [0.4, 0.5) is 5.69 Å². The molecule has 0 radical (unpaired) electrons. The van der Waals surface area contributed by atoms with Crippen molar-refractivity contribution in [3.05, 3.63) is 47.0 Å². The van der Waals surface area contributed by atoms with Crippen LogP contribution in [0.25, 0.3) is 0 Å². The molecule has 4 nitrogen and oxygen atoms in total. The van der Waals surface area contributed by atoms with Crippen LogP contribution in [0.5, 0.6) is 17.2 Å². The van der Waals surface area contributed by atoms with Crippen molar-refractivity contribution in [1.82, 2.24) is 0 Å². The molecule has 0 spiro atoms. The number of benzene rings is 2. The van der Waals surface area contributed by atoms with Crippen molar-refractivity contribution < 1.29 is 9.47 Å². The largest absolute Gasteiger partial charge is 0.497 e. The number of hydrogen-bond acceptors (Lipinski definition) is 4. The maximum atomic E-state index is 9.06. The fourth-order valence-corrected chi connectivity index (χ4v) is 1.77. The number of nitrogens with zero attached hydrogens (tertiary/aromatic N) is 1. The lowest BCUT2D eigenvalue weighted by Crippen LogP contribution is -1.95. The van der Waals surface area contributed by atoms with E-state index in [0.717, 1.165) is 0 Å². The van der Waals surface area contributed by atoms with Gasteiger partial charge in [0.05, 0.1) is 23.4 Å². The van der Waals surface area contributed by atoms with Crippen LogP contribution in [-0.4, -0.2) is 7.11 Å². The Balaban J connectivity index is 2.46. The van der Waals surface area contributed by atoms with Gasteiger partial charge in [-0.25, -0.2) is 0 Å². The predicted molar refractivity (Wildman–Crippen MR) is 73.6 cm³/mol. The van der Waals surface area contributed by atoms with Crippen molar-refractivity contribution >= 4 is 17.3 Å². The van der Waals surface area contributed by atoms with E-state index in [1.54, 1.807) is 36.4 Å². The van der Waals surface area contributed by atoms with Gasteiger partial charge in [-0.3, -0.25) is 0 Å². The van der Waals surface area contributed by atoms with Gasteiger partial charge in [0.25, 0.3) is 0 Å². The van der Waals surface area contributed by atoms with Crippen molar-refractivity contribution in [2.24, 2.45) is 0 Å². The minimum absolute atomic E-state index is 0.328. The van der Waals surface area contributed by atoms with Crippen molar-refractivity contribution in [2.45, 2.75) is 0 Å². The summed E-state index contributed by atoms with van der Waals surface area (Å²) in [6.07, 6.45) is 0. The Labute approximate surface area is 115 Å². The number of methoxy groups -OCH3 is 1. The predicted octanol–water partition coefficient (Wildman–Crippen LogP) is 3.59. The molecule has 96 valence electrons. The molecule has 0 fully saturated rings. The molecule has 2 aromatic carbocycles. The molecule has 0 aliphatic heterocycles. The second-order valence-corrected chi connectivity index (χ2v) is 4.14. The van der Waals surface area contributed by atoms with Gasteiger partial charge >= 0.3 is 0 Å². The summed E-state index contributed by atoms with van der Waals surface area (Å²) in [5, 5.41) is 9.44. The first-order valence-electron chi connectivity index (χ1n) is 5.45. The first-order chi connectivity index (χ1) is 9.15. The summed E-state index contributed by atoms with van der Waals surface area (Å²) in [5.74, 6) is 1.26. The van der Waals surface area contributed by atoms with E-state index in [-0.39, 0.29) is 0 Å². The van der Waals surface area contributed by atoms with Gasteiger partial charge in [-0.05, 0) is 24.3 Å². The molecule has 2 rings (SSSR count). The molecule has 0 atom stereocenters. The van der Waals surface area contributed by atoms with Gasteiger partial charge in [-0.2, -0.15) is 5.26 Å². The number of rotatable bonds is 3. The number of ether oxygens (including phenoxy) is 2. The average Bonchev–Trinajstić information content (AvgIpc) is 2.42. The Kier molecular flexibility index (Phi) is 3.79. The molecule has 0 saturated carbocycles. The summed E-state index contributed by atoms with van der Waals surface area (Å²) in [5.41, 5.74) is 6.58. The van der Waals surface area contributed by atoms with Gasteiger partial charge in [-0.1, -0.05) is 17.7 Å². The van der Waals surface area contributed by atoms with Crippen LogP contribution in [0.15, 0.2) is 36.4 Å². The maximum absolute atomic E-state index is 9.06. The molecular formula is C14H11ClN2O2. The molecule has 0 aliphatic rings. The number of halogens is 1. The van der Waals surface area contributed by atoms with Gasteiger partial charge < -0.3 is 15.2 Å². The highest BCUT2D eigenvalue weighted by Gasteiger charge is 2.11. The number of nitriles is 1. The lowest BCUT2D eigenvalue weighted by atomic mass is 10.2. The van der Waals surface area contributed by atoms with E-state index in [2.05, 4.69) is 0 Å². The lowest BCUT2D eigenvalue weighted by Gasteiger charge is -2.12. The molecule has 0 bridgehead atoms. The number of nitrogen functional groups attached to an aromatic ring is 1. The molecule has 0 aromatic heterocycles. The normalized spacial score (nSPS) is 9.74. The number of para-hydroxylation sites is 1. The second-order valence-electron chi connectivity index (χ2n) is 3.73. The van der Waals surface area contributed by atoms with Crippen LogP contribution < -0.4 is 15.2 Å². The van der Waals surface area contributed by atoms with E-state index in [9.17, 15) is 0 Å². The van der Waals surface area contributed by atoms with Gasteiger partial charge in [0.2, 0.25) is 0 Å². The summed E-state index contributed by atoms with van der Waals surface area (Å²) >= 11 is 6.03. The average molecular weight is 275 g/mol. The number of hydrogen-bond donors (Lipinski definition) is 1. The molecule has 0 saturated heterocycles. The van der Waals surface area contributed by atoms with Crippen LogP contribution in [0.2, 0.25) is 5.02 Å². The Hall–Kier alpha value is -2.38. The van der Waals surface area contributed by atoms with E-state index in [1.807, 2.05) is 6.07 Å².